The Balaban J connectivity index is 1.74. The Morgan fingerprint density at radius 1 is 1.14 bits per heavy atom. The van der Waals surface area contributed by atoms with Gasteiger partial charge in [0.25, 0.3) is 0 Å². The molecule has 1 fully saturated rings. The van der Waals surface area contributed by atoms with E-state index in [1.807, 2.05) is 30.3 Å². The molecular weight excluding hydrogens is 298 g/mol. The summed E-state index contributed by atoms with van der Waals surface area (Å²) in [6, 6.07) is 9.97. The van der Waals surface area contributed by atoms with Crippen molar-refractivity contribution >= 4 is 10.0 Å². The molecule has 1 aliphatic rings. The molecule has 1 N–H and O–H groups in total. The van der Waals surface area contributed by atoms with Gasteiger partial charge in [0.05, 0.1) is 5.75 Å². The molecule has 0 spiro atoms. The van der Waals surface area contributed by atoms with Crippen molar-refractivity contribution in [1.82, 2.24) is 14.5 Å². The average Bonchev–Trinajstić information content (AvgIpc) is 2.53. The van der Waals surface area contributed by atoms with Gasteiger partial charge in [-0.1, -0.05) is 30.3 Å². The highest BCUT2D eigenvalue weighted by Gasteiger charge is 2.20. The number of aryl methyl sites for hydroxylation is 1. The molecule has 0 aliphatic carbocycles. The Morgan fingerprint density at radius 3 is 2.41 bits per heavy atom. The number of hydrogen-bond donors (Lipinski definition) is 1. The molecule has 124 valence electrons. The second-order valence-electron chi connectivity index (χ2n) is 6.09. The van der Waals surface area contributed by atoms with Crippen LogP contribution in [0.4, 0.5) is 0 Å². The molecule has 0 unspecified atom stereocenters. The predicted molar refractivity (Wildman–Crippen MR) is 90.5 cm³/mol. The molecule has 0 aromatic heterocycles. The largest absolute Gasteiger partial charge is 0.304 e. The summed E-state index contributed by atoms with van der Waals surface area (Å²) in [4.78, 5) is 4.65. The topological polar surface area (TPSA) is 52.7 Å². The molecule has 0 amide bonds. The maximum absolute atomic E-state index is 12.1. The summed E-state index contributed by atoms with van der Waals surface area (Å²) in [6.07, 6.45) is 0.555. The summed E-state index contributed by atoms with van der Waals surface area (Å²) >= 11 is 0. The number of benzene rings is 1. The number of nitrogens with one attached hydrogen (secondary N) is 1. The zero-order valence-electron chi connectivity index (χ0n) is 13.5. The lowest BCUT2D eigenvalue weighted by atomic mass is 10.2. The molecule has 6 heteroatoms. The monoisotopic (exact) mass is 325 g/mol. The molecule has 1 aromatic carbocycles. The smallest absolute Gasteiger partial charge is 0.211 e. The number of hydrogen-bond acceptors (Lipinski definition) is 4. The Hall–Kier alpha value is -0.950. The molecule has 1 aliphatic heterocycles. The van der Waals surface area contributed by atoms with E-state index in [1.54, 1.807) is 0 Å². The first kappa shape index (κ1) is 17.4. The van der Waals surface area contributed by atoms with Crippen LogP contribution < -0.4 is 4.72 Å². The molecule has 22 heavy (non-hydrogen) atoms. The van der Waals surface area contributed by atoms with Gasteiger partial charge in [-0.3, -0.25) is 4.90 Å². The second kappa shape index (κ2) is 8.06. The van der Waals surface area contributed by atoms with Gasteiger partial charge in [-0.15, -0.1) is 0 Å². The molecule has 1 aromatic rings. The van der Waals surface area contributed by atoms with Crippen LogP contribution in [0.15, 0.2) is 30.3 Å². The molecule has 5 nitrogen and oxygen atoms in total. The van der Waals surface area contributed by atoms with Crippen molar-refractivity contribution in [3.8, 4) is 0 Å². The van der Waals surface area contributed by atoms with Crippen molar-refractivity contribution in [2.75, 3.05) is 45.5 Å². The van der Waals surface area contributed by atoms with Crippen LogP contribution in [0.1, 0.15) is 12.5 Å². The average molecular weight is 325 g/mol. The van der Waals surface area contributed by atoms with Crippen LogP contribution in [-0.4, -0.2) is 69.8 Å². The highest BCUT2D eigenvalue weighted by Crippen LogP contribution is 2.05. The first-order valence-electron chi connectivity index (χ1n) is 7.90. The zero-order chi connectivity index (χ0) is 16.0. The Morgan fingerprint density at radius 2 is 1.77 bits per heavy atom. The summed E-state index contributed by atoms with van der Waals surface area (Å²) in [6.45, 7) is 6.68. The second-order valence-corrected chi connectivity index (χ2v) is 8.02. The lowest BCUT2D eigenvalue weighted by Crippen LogP contribution is -2.51. The van der Waals surface area contributed by atoms with Crippen LogP contribution in [0.2, 0.25) is 0 Å². The van der Waals surface area contributed by atoms with Crippen LogP contribution in [0.3, 0.4) is 0 Å². The van der Waals surface area contributed by atoms with Crippen LogP contribution in [0.25, 0.3) is 0 Å². The van der Waals surface area contributed by atoms with E-state index in [1.165, 1.54) is 0 Å². The number of rotatable bonds is 7. The van der Waals surface area contributed by atoms with Crippen LogP contribution >= 0.6 is 0 Å². The van der Waals surface area contributed by atoms with E-state index in [0.29, 0.717) is 13.0 Å². The molecule has 2 rings (SSSR count). The van der Waals surface area contributed by atoms with E-state index < -0.39 is 10.0 Å². The predicted octanol–water partition coefficient (Wildman–Crippen LogP) is 0.784. The molecule has 0 radical (unpaired) electrons. The van der Waals surface area contributed by atoms with Gasteiger partial charge in [-0.05, 0) is 26.0 Å². The lowest BCUT2D eigenvalue weighted by Gasteiger charge is -2.36. The van der Waals surface area contributed by atoms with Gasteiger partial charge >= 0.3 is 0 Å². The SMILES string of the molecule is C[C@@H](CNS(=O)(=O)CCc1ccccc1)N1CCN(C)CC1. The highest BCUT2D eigenvalue weighted by molar-refractivity contribution is 7.89. The van der Waals surface area contributed by atoms with E-state index in [0.717, 1.165) is 31.7 Å². The Bertz CT molecular complexity index is 540. The number of nitrogens with zero attached hydrogens (tertiary/aromatic N) is 2. The van der Waals surface area contributed by atoms with Crippen molar-refractivity contribution in [3.63, 3.8) is 0 Å². The third kappa shape index (κ3) is 5.68. The summed E-state index contributed by atoms with van der Waals surface area (Å²) < 4.78 is 27.0. The molecule has 0 saturated carbocycles. The molecular formula is C16H27N3O2S. The van der Waals surface area contributed by atoms with Gasteiger partial charge in [0.15, 0.2) is 0 Å². The van der Waals surface area contributed by atoms with Gasteiger partial charge in [-0.25, -0.2) is 13.1 Å². The van der Waals surface area contributed by atoms with Crippen LogP contribution in [-0.2, 0) is 16.4 Å². The molecule has 1 heterocycles. The lowest BCUT2D eigenvalue weighted by molar-refractivity contribution is 0.120. The van der Waals surface area contributed by atoms with Gasteiger partial charge in [0.1, 0.15) is 0 Å². The summed E-state index contributed by atoms with van der Waals surface area (Å²) in [5.41, 5.74) is 1.06. The van der Waals surface area contributed by atoms with Crippen LogP contribution in [0.5, 0.6) is 0 Å². The van der Waals surface area contributed by atoms with Crippen molar-refractivity contribution in [1.29, 1.82) is 0 Å². The first-order valence-corrected chi connectivity index (χ1v) is 9.55. The first-order chi connectivity index (χ1) is 10.5. The van der Waals surface area contributed by atoms with Gasteiger partial charge < -0.3 is 4.90 Å². The summed E-state index contributed by atoms with van der Waals surface area (Å²) in [5.74, 6) is 0.145. The summed E-state index contributed by atoms with van der Waals surface area (Å²) in [7, 11) is -1.09. The third-order valence-electron chi connectivity index (χ3n) is 4.26. The minimum absolute atomic E-state index is 0.145. The highest BCUT2D eigenvalue weighted by atomic mass is 32.2. The molecule has 1 atom stereocenters. The van der Waals surface area contributed by atoms with Crippen LogP contribution in [0, 0.1) is 0 Å². The maximum atomic E-state index is 12.1. The standard InChI is InChI=1S/C16H27N3O2S/c1-15(19-11-9-18(2)10-12-19)14-17-22(20,21)13-8-16-6-4-3-5-7-16/h3-7,15,17H,8-14H2,1-2H3/t15-/m0/s1. The Labute approximate surface area is 134 Å². The number of likely N-dealkylation sites (N-methyl/N-ethyl adjacent to an activating group) is 1. The fourth-order valence-electron chi connectivity index (χ4n) is 2.61. The van der Waals surface area contributed by atoms with E-state index in [2.05, 4.69) is 28.5 Å². The number of sulfonamides is 1. The van der Waals surface area contributed by atoms with E-state index >= 15 is 0 Å². The van der Waals surface area contributed by atoms with Crippen molar-refractivity contribution < 1.29 is 8.42 Å². The normalized spacial score (nSPS) is 19.2. The third-order valence-corrected chi connectivity index (χ3v) is 5.61. The Kier molecular flexibility index (Phi) is 6.37. The number of piperazine rings is 1. The summed E-state index contributed by atoms with van der Waals surface area (Å²) in [5, 5.41) is 0. The van der Waals surface area contributed by atoms with E-state index in [-0.39, 0.29) is 11.8 Å². The van der Waals surface area contributed by atoms with Crippen molar-refractivity contribution in [2.45, 2.75) is 19.4 Å². The maximum Gasteiger partial charge on any atom is 0.211 e. The fourth-order valence-corrected chi connectivity index (χ4v) is 3.75. The fraction of sp³-hybridized carbons (Fsp3) is 0.625. The minimum atomic E-state index is -3.21. The van der Waals surface area contributed by atoms with E-state index in [4.69, 9.17) is 0 Å². The van der Waals surface area contributed by atoms with Crippen molar-refractivity contribution in [2.24, 2.45) is 0 Å². The van der Waals surface area contributed by atoms with E-state index in [9.17, 15) is 8.42 Å². The van der Waals surface area contributed by atoms with Gasteiger partial charge in [0.2, 0.25) is 10.0 Å². The van der Waals surface area contributed by atoms with Crippen molar-refractivity contribution in [3.05, 3.63) is 35.9 Å². The molecule has 0 bridgehead atoms. The quantitative estimate of drug-likeness (QED) is 0.805. The zero-order valence-corrected chi connectivity index (χ0v) is 14.3. The molecule has 1 saturated heterocycles. The minimum Gasteiger partial charge on any atom is -0.304 e. The van der Waals surface area contributed by atoms with Gasteiger partial charge in [-0.2, -0.15) is 0 Å². The van der Waals surface area contributed by atoms with Gasteiger partial charge in [0, 0.05) is 38.8 Å².